The monoisotopic (exact) mass is 235 g/mol. The second-order valence-corrected chi connectivity index (χ2v) is 5.93. The van der Waals surface area contributed by atoms with Crippen LogP contribution >= 0.6 is 0 Å². The van der Waals surface area contributed by atoms with E-state index in [4.69, 9.17) is 15.0 Å². The highest BCUT2D eigenvalue weighted by Gasteiger charge is 2.49. The van der Waals surface area contributed by atoms with Gasteiger partial charge in [-0.3, -0.25) is 0 Å². The van der Waals surface area contributed by atoms with Crippen molar-refractivity contribution in [1.82, 2.24) is 10.1 Å². The minimum atomic E-state index is 0.0869. The Hall–Kier alpha value is -1.26. The first-order valence-electron chi connectivity index (χ1n) is 6.54. The summed E-state index contributed by atoms with van der Waals surface area (Å²) in [5, 5.41) is 3.73. The molecule has 0 aromatic carbocycles. The minimum absolute atomic E-state index is 0.0869. The van der Waals surface area contributed by atoms with Crippen LogP contribution in [0.2, 0.25) is 0 Å². The molecule has 0 unspecified atom stereocenters. The normalized spacial score (nSPS) is 42.9. The van der Waals surface area contributed by atoms with Crippen LogP contribution < -0.4 is 10.5 Å². The fraction of sp³-hybridized carbons (Fsp3) is 0.833. The molecule has 92 valence electrons. The third kappa shape index (κ3) is 1.51. The van der Waals surface area contributed by atoms with Crippen molar-refractivity contribution in [1.29, 1.82) is 0 Å². The van der Waals surface area contributed by atoms with Gasteiger partial charge in [-0.25, -0.2) is 0 Å². The number of rotatable bonds is 2. The lowest BCUT2D eigenvalue weighted by Crippen LogP contribution is -2.50. The summed E-state index contributed by atoms with van der Waals surface area (Å²) in [7, 11) is 0. The molecule has 4 fully saturated rings. The molecule has 5 heteroatoms. The summed E-state index contributed by atoms with van der Waals surface area (Å²) in [4.78, 5) is 3.94. The second-order valence-electron chi connectivity index (χ2n) is 5.93. The molecule has 5 rings (SSSR count). The fourth-order valence-corrected chi connectivity index (χ4v) is 4.46. The lowest BCUT2D eigenvalue weighted by molar-refractivity contribution is -0.0827. The van der Waals surface area contributed by atoms with E-state index in [0.717, 1.165) is 11.8 Å². The Labute approximate surface area is 99.7 Å². The largest absolute Gasteiger partial charge is 0.457 e. The van der Waals surface area contributed by atoms with Crippen LogP contribution in [0, 0.1) is 23.7 Å². The lowest BCUT2D eigenvalue weighted by Gasteiger charge is -2.53. The van der Waals surface area contributed by atoms with Gasteiger partial charge in [0.05, 0.1) is 0 Å². The summed E-state index contributed by atoms with van der Waals surface area (Å²) in [5.41, 5.74) is 5.41. The summed E-state index contributed by atoms with van der Waals surface area (Å²) in [6.07, 6.45) is 7.04. The maximum atomic E-state index is 5.92. The molecular formula is C12H17N3O2. The van der Waals surface area contributed by atoms with Gasteiger partial charge < -0.3 is 15.0 Å². The number of nitrogens with zero attached hydrogens (tertiary/aromatic N) is 2. The Bertz CT molecular complexity index is 403. The van der Waals surface area contributed by atoms with E-state index in [0.29, 0.717) is 24.0 Å². The number of aromatic nitrogens is 2. The first-order chi connectivity index (χ1) is 8.28. The van der Waals surface area contributed by atoms with Gasteiger partial charge in [0.2, 0.25) is 0 Å². The Morgan fingerprint density at radius 2 is 1.71 bits per heavy atom. The molecule has 17 heavy (non-hydrogen) atoms. The van der Waals surface area contributed by atoms with Crippen LogP contribution in [0.5, 0.6) is 6.01 Å². The molecule has 5 nitrogen and oxygen atoms in total. The molecule has 4 aliphatic carbocycles. The van der Waals surface area contributed by atoms with E-state index >= 15 is 0 Å². The van der Waals surface area contributed by atoms with E-state index in [9.17, 15) is 0 Å². The molecule has 4 aliphatic rings. The van der Waals surface area contributed by atoms with Crippen molar-refractivity contribution < 1.29 is 9.26 Å². The van der Waals surface area contributed by atoms with Crippen molar-refractivity contribution in [2.45, 2.75) is 38.2 Å². The van der Waals surface area contributed by atoms with E-state index in [2.05, 4.69) is 10.1 Å². The van der Waals surface area contributed by atoms with E-state index in [1.807, 2.05) is 0 Å². The summed E-state index contributed by atoms with van der Waals surface area (Å²) in [6, 6.07) is 0.406. The van der Waals surface area contributed by atoms with Gasteiger partial charge in [0, 0.05) is 0 Å². The Morgan fingerprint density at radius 1 is 1.06 bits per heavy atom. The number of nitrogen functional groups attached to an aromatic ring is 1. The van der Waals surface area contributed by atoms with E-state index in [1.54, 1.807) is 0 Å². The zero-order valence-electron chi connectivity index (χ0n) is 9.71. The topological polar surface area (TPSA) is 74.2 Å². The van der Waals surface area contributed by atoms with Crippen LogP contribution in [-0.4, -0.2) is 16.2 Å². The molecule has 0 spiro atoms. The predicted octanol–water partition coefficient (Wildman–Crippen LogP) is 1.86. The molecule has 0 atom stereocenters. The van der Waals surface area contributed by atoms with Crippen LogP contribution in [0.15, 0.2) is 4.52 Å². The molecule has 4 bridgehead atoms. The first-order valence-corrected chi connectivity index (χ1v) is 6.54. The number of anilines is 1. The number of nitrogens with two attached hydrogens (primary N) is 1. The zero-order valence-corrected chi connectivity index (χ0v) is 9.71. The molecule has 1 heterocycles. The van der Waals surface area contributed by atoms with Gasteiger partial charge in [-0.15, -0.1) is 4.98 Å². The third-order valence-corrected chi connectivity index (χ3v) is 4.80. The van der Waals surface area contributed by atoms with E-state index in [1.165, 1.54) is 32.1 Å². The Kier molecular flexibility index (Phi) is 1.93. The molecule has 4 saturated carbocycles. The lowest BCUT2D eigenvalue weighted by atomic mass is 9.55. The molecular weight excluding hydrogens is 218 g/mol. The summed E-state index contributed by atoms with van der Waals surface area (Å²) in [6.45, 7) is 0. The highest BCUT2D eigenvalue weighted by Crippen LogP contribution is 2.54. The van der Waals surface area contributed by atoms with Crippen molar-refractivity contribution in [2.24, 2.45) is 23.7 Å². The predicted molar refractivity (Wildman–Crippen MR) is 60.2 cm³/mol. The summed E-state index contributed by atoms with van der Waals surface area (Å²) in [5.74, 6) is 3.30. The number of hydrogen-bond donors (Lipinski definition) is 1. The SMILES string of the molecule is Nc1nc(OC2C3CC4CC(C3)CC2C4)no1. The number of hydrogen-bond acceptors (Lipinski definition) is 5. The standard InChI is InChI=1S/C12H17N3O2/c13-11-14-12(15-17-11)16-10-8-2-6-1-7(4-8)5-9(10)3-6/h6-10H,1-5H2,(H2,13,14,15). The van der Waals surface area contributed by atoms with Crippen LogP contribution in [0.25, 0.3) is 0 Å². The van der Waals surface area contributed by atoms with Crippen LogP contribution in [0.1, 0.15) is 32.1 Å². The first kappa shape index (κ1) is 9.74. The van der Waals surface area contributed by atoms with Gasteiger partial charge >= 0.3 is 12.0 Å². The van der Waals surface area contributed by atoms with Gasteiger partial charge in [0.25, 0.3) is 0 Å². The highest BCUT2D eigenvalue weighted by molar-refractivity contribution is 5.11. The molecule has 2 N–H and O–H groups in total. The molecule has 0 amide bonds. The Morgan fingerprint density at radius 3 is 2.24 bits per heavy atom. The maximum Gasteiger partial charge on any atom is 0.356 e. The van der Waals surface area contributed by atoms with Crippen molar-refractivity contribution >= 4 is 6.01 Å². The smallest absolute Gasteiger partial charge is 0.356 e. The van der Waals surface area contributed by atoms with Gasteiger partial charge in [-0.1, -0.05) is 0 Å². The van der Waals surface area contributed by atoms with Crippen molar-refractivity contribution in [3.05, 3.63) is 0 Å². The van der Waals surface area contributed by atoms with Gasteiger partial charge in [-0.05, 0) is 60.9 Å². The van der Waals surface area contributed by atoms with Crippen molar-refractivity contribution in [3.63, 3.8) is 0 Å². The van der Waals surface area contributed by atoms with E-state index < -0.39 is 0 Å². The zero-order chi connectivity index (χ0) is 11.4. The third-order valence-electron chi connectivity index (χ3n) is 4.80. The number of ether oxygens (including phenoxy) is 1. The second kappa shape index (κ2) is 3.37. The summed E-state index contributed by atoms with van der Waals surface area (Å²) >= 11 is 0. The van der Waals surface area contributed by atoms with Crippen LogP contribution in [-0.2, 0) is 0 Å². The van der Waals surface area contributed by atoms with Gasteiger partial charge in [-0.2, -0.15) is 0 Å². The van der Waals surface area contributed by atoms with Crippen LogP contribution in [0.4, 0.5) is 6.01 Å². The van der Waals surface area contributed by atoms with E-state index in [-0.39, 0.29) is 6.01 Å². The van der Waals surface area contributed by atoms with Gasteiger partial charge in [0.15, 0.2) is 0 Å². The van der Waals surface area contributed by atoms with Gasteiger partial charge in [0.1, 0.15) is 6.10 Å². The maximum absolute atomic E-state index is 5.92. The average molecular weight is 235 g/mol. The molecule has 1 aromatic rings. The molecule has 1 aromatic heterocycles. The van der Waals surface area contributed by atoms with Crippen LogP contribution in [0.3, 0.4) is 0 Å². The highest BCUT2D eigenvalue weighted by atomic mass is 16.6. The minimum Gasteiger partial charge on any atom is -0.457 e. The Balaban J connectivity index is 1.54. The molecule has 0 aliphatic heterocycles. The molecule has 0 radical (unpaired) electrons. The quantitative estimate of drug-likeness (QED) is 0.846. The fourth-order valence-electron chi connectivity index (χ4n) is 4.46. The van der Waals surface area contributed by atoms with Crippen molar-refractivity contribution in [2.75, 3.05) is 5.73 Å². The average Bonchev–Trinajstić information content (AvgIpc) is 2.68. The van der Waals surface area contributed by atoms with Crippen molar-refractivity contribution in [3.8, 4) is 6.01 Å². The molecule has 0 saturated heterocycles. The summed E-state index contributed by atoms with van der Waals surface area (Å²) < 4.78 is 10.7.